The Morgan fingerprint density at radius 2 is 1.61 bits per heavy atom. The number of halogens is 1. The zero-order chi connectivity index (χ0) is 22.0. The molecule has 0 aliphatic rings. The van der Waals surface area contributed by atoms with Gasteiger partial charge in [0.15, 0.2) is 0 Å². The molecule has 0 saturated carbocycles. The van der Waals surface area contributed by atoms with Gasteiger partial charge in [0, 0.05) is 11.4 Å². The van der Waals surface area contributed by atoms with Crippen LogP contribution in [0.5, 0.6) is 5.75 Å². The molecule has 1 N–H and O–H groups in total. The van der Waals surface area contributed by atoms with Crippen LogP contribution < -0.4 is 10.1 Å². The molecule has 4 nitrogen and oxygen atoms in total. The molecular weight excluding hydrogens is 391 g/mol. The summed E-state index contributed by atoms with van der Waals surface area (Å²) in [5, 5.41) is 2.94. The Balaban J connectivity index is 1.82. The average Bonchev–Trinajstić information content (AvgIpc) is 3.13. The number of carbonyl (C=O) groups excluding carboxylic acids is 1. The highest BCUT2D eigenvalue weighted by Gasteiger charge is 2.21. The molecule has 4 rings (SSSR count). The first-order chi connectivity index (χ1) is 15.0. The fraction of sp³-hybridized carbons (Fsp3) is 0.115. The van der Waals surface area contributed by atoms with E-state index in [0.717, 1.165) is 22.6 Å². The van der Waals surface area contributed by atoms with Gasteiger partial charge in [-0.1, -0.05) is 29.8 Å². The summed E-state index contributed by atoms with van der Waals surface area (Å²) in [6.07, 6.45) is 0. The summed E-state index contributed by atoms with van der Waals surface area (Å²) in [6, 6.07) is 23.4. The number of methoxy groups -OCH3 is 1. The molecule has 0 spiro atoms. The third kappa shape index (κ3) is 4.08. The second kappa shape index (κ2) is 8.48. The van der Waals surface area contributed by atoms with Crippen LogP contribution in [0.15, 0.2) is 78.9 Å². The third-order valence-corrected chi connectivity index (χ3v) is 5.28. The standard InChI is InChI=1S/C26H23FN2O2/c1-17-8-12-20(13-9-17)28-26(30)22-16-25(19-10-14-21(31-3)15-11-19)29(18(22)2)24-7-5-4-6-23(24)27/h4-16H,1-3H3,(H,28,30). The number of carbonyl (C=O) groups is 1. The zero-order valence-electron chi connectivity index (χ0n) is 17.6. The van der Waals surface area contributed by atoms with Crippen molar-refractivity contribution in [3.8, 4) is 22.7 Å². The van der Waals surface area contributed by atoms with Gasteiger partial charge in [0.05, 0.1) is 24.1 Å². The van der Waals surface area contributed by atoms with Crippen molar-refractivity contribution in [3.63, 3.8) is 0 Å². The van der Waals surface area contributed by atoms with Crippen LogP contribution in [0.2, 0.25) is 0 Å². The second-order valence-corrected chi connectivity index (χ2v) is 7.36. The molecule has 1 aromatic heterocycles. The first-order valence-corrected chi connectivity index (χ1v) is 9.97. The van der Waals surface area contributed by atoms with Gasteiger partial charge in [-0.25, -0.2) is 4.39 Å². The third-order valence-electron chi connectivity index (χ3n) is 5.28. The number of aromatic nitrogens is 1. The number of hydrogen-bond donors (Lipinski definition) is 1. The maximum atomic E-state index is 14.7. The first-order valence-electron chi connectivity index (χ1n) is 9.97. The number of ether oxygens (including phenoxy) is 1. The van der Waals surface area contributed by atoms with Gasteiger partial charge in [-0.05, 0) is 74.0 Å². The molecule has 3 aromatic carbocycles. The summed E-state index contributed by atoms with van der Waals surface area (Å²) in [5.74, 6) is 0.120. The number of nitrogens with zero attached hydrogens (tertiary/aromatic N) is 1. The Bertz CT molecular complexity index is 1230. The van der Waals surface area contributed by atoms with Gasteiger partial charge in [0.25, 0.3) is 5.91 Å². The van der Waals surface area contributed by atoms with Crippen molar-refractivity contribution in [2.75, 3.05) is 12.4 Å². The molecule has 0 aliphatic carbocycles. The molecular formula is C26H23FN2O2. The van der Waals surface area contributed by atoms with Crippen molar-refractivity contribution in [2.45, 2.75) is 13.8 Å². The number of aryl methyl sites for hydroxylation is 1. The van der Waals surface area contributed by atoms with E-state index in [1.807, 2.05) is 62.4 Å². The van der Waals surface area contributed by atoms with Crippen molar-refractivity contribution in [1.29, 1.82) is 0 Å². The average molecular weight is 414 g/mol. The Morgan fingerprint density at radius 3 is 2.26 bits per heavy atom. The van der Waals surface area contributed by atoms with E-state index in [1.165, 1.54) is 6.07 Å². The predicted octanol–water partition coefficient (Wildman–Crippen LogP) is 6.16. The Kier molecular flexibility index (Phi) is 5.58. The van der Waals surface area contributed by atoms with E-state index in [2.05, 4.69) is 5.32 Å². The molecule has 0 saturated heterocycles. The van der Waals surface area contributed by atoms with Crippen LogP contribution in [0.4, 0.5) is 10.1 Å². The largest absolute Gasteiger partial charge is 0.497 e. The number of hydrogen-bond acceptors (Lipinski definition) is 2. The lowest BCUT2D eigenvalue weighted by atomic mass is 10.1. The predicted molar refractivity (Wildman–Crippen MR) is 122 cm³/mol. The van der Waals surface area contributed by atoms with Crippen molar-refractivity contribution in [2.24, 2.45) is 0 Å². The highest BCUT2D eigenvalue weighted by Crippen LogP contribution is 2.32. The monoisotopic (exact) mass is 414 g/mol. The van der Waals surface area contributed by atoms with E-state index in [4.69, 9.17) is 4.74 Å². The number of para-hydroxylation sites is 1. The number of anilines is 1. The summed E-state index contributed by atoms with van der Waals surface area (Å²) in [6.45, 7) is 3.81. The van der Waals surface area contributed by atoms with Gasteiger partial charge < -0.3 is 14.6 Å². The quantitative estimate of drug-likeness (QED) is 0.425. The Hall–Kier alpha value is -3.86. The van der Waals surface area contributed by atoms with E-state index in [-0.39, 0.29) is 11.7 Å². The minimum atomic E-state index is -0.360. The highest BCUT2D eigenvalue weighted by molar-refractivity contribution is 6.06. The molecule has 0 atom stereocenters. The molecule has 0 radical (unpaired) electrons. The lowest BCUT2D eigenvalue weighted by Crippen LogP contribution is -2.13. The van der Waals surface area contributed by atoms with E-state index < -0.39 is 0 Å². The van der Waals surface area contributed by atoms with Crippen molar-refractivity contribution >= 4 is 11.6 Å². The lowest BCUT2D eigenvalue weighted by Gasteiger charge is -2.13. The van der Waals surface area contributed by atoms with Gasteiger partial charge in [-0.2, -0.15) is 0 Å². The van der Waals surface area contributed by atoms with Crippen LogP contribution in [0, 0.1) is 19.7 Å². The fourth-order valence-corrected chi connectivity index (χ4v) is 3.59. The van der Waals surface area contributed by atoms with E-state index >= 15 is 0 Å². The van der Waals surface area contributed by atoms with Crippen LogP contribution in [-0.4, -0.2) is 17.6 Å². The van der Waals surface area contributed by atoms with Crippen molar-refractivity contribution in [1.82, 2.24) is 4.57 Å². The number of rotatable bonds is 5. The van der Waals surface area contributed by atoms with Crippen LogP contribution in [-0.2, 0) is 0 Å². The molecule has 0 aliphatic heterocycles. The minimum Gasteiger partial charge on any atom is -0.497 e. The van der Waals surface area contributed by atoms with Gasteiger partial charge in [-0.15, -0.1) is 0 Å². The molecule has 4 aromatic rings. The second-order valence-electron chi connectivity index (χ2n) is 7.36. The fourth-order valence-electron chi connectivity index (χ4n) is 3.59. The maximum absolute atomic E-state index is 14.7. The number of nitrogens with one attached hydrogen (secondary N) is 1. The SMILES string of the molecule is COc1ccc(-c2cc(C(=O)Nc3ccc(C)cc3)c(C)n2-c2ccccc2F)cc1. The smallest absolute Gasteiger partial charge is 0.257 e. The van der Waals surface area contributed by atoms with E-state index in [0.29, 0.717) is 22.6 Å². The molecule has 1 heterocycles. The summed E-state index contributed by atoms with van der Waals surface area (Å²) >= 11 is 0. The summed E-state index contributed by atoms with van der Waals surface area (Å²) < 4.78 is 21.8. The van der Waals surface area contributed by atoms with E-state index in [1.54, 1.807) is 35.9 Å². The molecule has 0 fully saturated rings. The summed E-state index contributed by atoms with van der Waals surface area (Å²) in [5.41, 5.74) is 4.91. The highest BCUT2D eigenvalue weighted by atomic mass is 19.1. The molecule has 156 valence electrons. The van der Waals surface area contributed by atoms with Crippen LogP contribution in [0.1, 0.15) is 21.6 Å². The van der Waals surface area contributed by atoms with Crippen molar-refractivity contribution in [3.05, 3.63) is 102 Å². The van der Waals surface area contributed by atoms with Crippen molar-refractivity contribution < 1.29 is 13.9 Å². The van der Waals surface area contributed by atoms with Crippen LogP contribution in [0.25, 0.3) is 16.9 Å². The van der Waals surface area contributed by atoms with E-state index in [9.17, 15) is 9.18 Å². The Labute approximate surface area is 180 Å². The Morgan fingerprint density at radius 1 is 0.935 bits per heavy atom. The number of benzene rings is 3. The lowest BCUT2D eigenvalue weighted by molar-refractivity contribution is 0.102. The molecule has 5 heteroatoms. The minimum absolute atomic E-state index is 0.244. The summed E-state index contributed by atoms with van der Waals surface area (Å²) in [4.78, 5) is 13.1. The molecule has 0 unspecified atom stereocenters. The summed E-state index contributed by atoms with van der Waals surface area (Å²) in [7, 11) is 1.61. The van der Waals surface area contributed by atoms with Gasteiger partial charge in [0.2, 0.25) is 0 Å². The topological polar surface area (TPSA) is 43.3 Å². The van der Waals surface area contributed by atoms with Gasteiger partial charge in [-0.3, -0.25) is 4.79 Å². The molecule has 31 heavy (non-hydrogen) atoms. The van der Waals surface area contributed by atoms with Crippen LogP contribution in [0.3, 0.4) is 0 Å². The van der Waals surface area contributed by atoms with Crippen LogP contribution >= 0.6 is 0 Å². The first kappa shape index (κ1) is 20.4. The van der Waals surface area contributed by atoms with Gasteiger partial charge in [0.1, 0.15) is 11.6 Å². The molecule has 1 amide bonds. The van der Waals surface area contributed by atoms with Gasteiger partial charge >= 0.3 is 0 Å². The number of amides is 1. The molecule has 0 bridgehead atoms. The normalized spacial score (nSPS) is 10.7. The maximum Gasteiger partial charge on any atom is 0.257 e. The zero-order valence-corrected chi connectivity index (χ0v) is 17.6.